The molecule has 0 bridgehead atoms. The number of aromatic nitrogens is 2. The van der Waals surface area contributed by atoms with E-state index in [2.05, 4.69) is 15.4 Å². The van der Waals surface area contributed by atoms with E-state index in [-0.39, 0.29) is 6.04 Å². The Bertz CT molecular complexity index is 501. The predicted molar refractivity (Wildman–Crippen MR) is 67.4 cm³/mol. The molecule has 0 saturated carbocycles. The van der Waals surface area contributed by atoms with Gasteiger partial charge in [0.15, 0.2) is 0 Å². The summed E-state index contributed by atoms with van der Waals surface area (Å²) in [6, 6.07) is 5.59. The first-order valence-corrected chi connectivity index (χ1v) is 5.58. The van der Waals surface area contributed by atoms with Crippen molar-refractivity contribution in [2.24, 2.45) is 5.84 Å². The summed E-state index contributed by atoms with van der Waals surface area (Å²) in [6.45, 7) is 1.96. The molecular weight excluding hydrogens is 236 g/mol. The molecule has 1 heterocycles. The van der Waals surface area contributed by atoms with E-state index in [9.17, 15) is 0 Å². The lowest BCUT2D eigenvalue weighted by molar-refractivity contribution is 0.629. The molecule has 0 aliphatic heterocycles. The first-order chi connectivity index (χ1) is 8.24. The third-order valence-corrected chi connectivity index (χ3v) is 3.11. The molecule has 0 radical (unpaired) electrons. The average Bonchev–Trinajstić information content (AvgIpc) is 2.37. The Balaban J connectivity index is 2.46. The van der Waals surface area contributed by atoms with Gasteiger partial charge in [-0.1, -0.05) is 23.7 Å². The topological polar surface area (TPSA) is 63.8 Å². The van der Waals surface area contributed by atoms with Gasteiger partial charge in [-0.25, -0.2) is 15.4 Å². The van der Waals surface area contributed by atoms with Crippen LogP contribution in [0.3, 0.4) is 0 Å². The van der Waals surface area contributed by atoms with E-state index in [1.807, 2.05) is 25.1 Å². The van der Waals surface area contributed by atoms with Gasteiger partial charge in [-0.05, 0) is 24.1 Å². The number of nitrogens with two attached hydrogens (primary N) is 1. The molecule has 0 aliphatic rings. The van der Waals surface area contributed by atoms with Gasteiger partial charge in [0.2, 0.25) is 0 Å². The highest BCUT2D eigenvalue weighted by Gasteiger charge is 2.16. The fourth-order valence-electron chi connectivity index (χ4n) is 1.76. The minimum Gasteiger partial charge on any atom is -0.271 e. The van der Waals surface area contributed by atoms with Crippen LogP contribution < -0.4 is 11.3 Å². The maximum Gasteiger partial charge on any atom is 0.115 e. The molecule has 0 saturated heterocycles. The standard InChI is InChI=1S/C12H13ClN4/c1-8-10(3-2-4-11(8)13)12(17-14)9-5-15-7-16-6-9/h2-7,12,17H,14H2,1H3. The summed E-state index contributed by atoms with van der Waals surface area (Å²) in [7, 11) is 0. The second-order valence-electron chi connectivity index (χ2n) is 3.73. The summed E-state index contributed by atoms with van der Waals surface area (Å²) in [6.07, 6.45) is 4.96. The van der Waals surface area contributed by atoms with Crippen molar-refractivity contribution >= 4 is 11.6 Å². The smallest absolute Gasteiger partial charge is 0.115 e. The Morgan fingerprint density at radius 1 is 1.29 bits per heavy atom. The van der Waals surface area contributed by atoms with Crippen LogP contribution in [0.2, 0.25) is 5.02 Å². The highest BCUT2D eigenvalue weighted by Crippen LogP contribution is 2.27. The van der Waals surface area contributed by atoms with Crippen molar-refractivity contribution in [3.05, 3.63) is 58.6 Å². The Labute approximate surface area is 105 Å². The molecule has 1 aromatic carbocycles. The molecule has 0 spiro atoms. The van der Waals surface area contributed by atoms with Crippen molar-refractivity contribution in [2.45, 2.75) is 13.0 Å². The molecule has 0 aliphatic carbocycles. The quantitative estimate of drug-likeness (QED) is 0.644. The normalized spacial score (nSPS) is 12.4. The Morgan fingerprint density at radius 3 is 2.65 bits per heavy atom. The van der Waals surface area contributed by atoms with Gasteiger partial charge in [0.1, 0.15) is 6.33 Å². The highest BCUT2D eigenvalue weighted by atomic mass is 35.5. The summed E-state index contributed by atoms with van der Waals surface area (Å²) in [5.41, 5.74) is 5.69. The number of hydrogen-bond acceptors (Lipinski definition) is 4. The van der Waals surface area contributed by atoms with Gasteiger partial charge in [-0.15, -0.1) is 0 Å². The number of rotatable bonds is 3. The van der Waals surface area contributed by atoms with Crippen LogP contribution in [0.15, 0.2) is 36.9 Å². The molecule has 5 heteroatoms. The van der Waals surface area contributed by atoms with E-state index in [4.69, 9.17) is 17.4 Å². The zero-order chi connectivity index (χ0) is 12.3. The molecule has 88 valence electrons. The third kappa shape index (κ3) is 2.44. The first-order valence-electron chi connectivity index (χ1n) is 5.20. The van der Waals surface area contributed by atoms with Crippen LogP contribution >= 0.6 is 11.6 Å². The van der Waals surface area contributed by atoms with Crippen LogP contribution in [0.25, 0.3) is 0 Å². The summed E-state index contributed by atoms with van der Waals surface area (Å²) in [5, 5.41) is 0.722. The summed E-state index contributed by atoms with van der Waals surface area (Å²) < 4.78 is 0. The van der Waals surface area contributed by atoms with Gasteiger partial charge in [-0.2, -0.15) is 0 Å². The van der Waals surface area contributed by atoms with Crippen molar-refractivity contribution in [3.63, 3.8) is 0 Å². The van der Waals surface area contributed by atoms with Crippen molar-refractivity contribution in [1.82, 2.24) is 15.4 Å². The number of hydrazine groups is 1. The molecule has 4 nitrogen and oxygen atoms in total. The van der Waals surface area contributed by atoms with E-state index in [1.54, 1.807) is 12.4 Å². The lowest BCUT2D eigenvalue weighted by Crippen LogP contribution is -2.29. The fraction of sp³-hybridized carbons (Fsp3) is 0.167. The minimum atomic E-state index is -0.158. The molecule has 2 rings (SSSR count). The Morgan fingerprint density at radius 2 is 2.00 bits per heavy atom. The Hall–Kier alpha value is -1.49. The summed E-state index contributed by atoms with van der Waals surface area (Å²) >= 11 is 6.10. The monoisotopic (exact) mass is 248 g/mol. The Kier molecular flexibility index (Phi) is 3.68. The van der Waals surface area contributed by atoms with E-state index < -0.39 is 0 Å². The number of nitrogens with zero attached hydrogens (tertiary/aromatic N) is 2. The van der Waals surface area contributed by atoms with Crippen LogP contribution in [0.4, 0.5) is 0 Å². The second kappa shape index (κ2) is 5.23. The van der Waals surface area contributed by atoms with Crippen LogP contribution in [0, 0.1) is 6.92 Å². The third-order valence-electron chi connectivity index (χ3n) is 2.70. The van der Waals surface area contributed by atoms with Gasteiger partial charge >= 0.3 is 0 Å². The molecule has 0 fully saturated rings. The molecule has 1 aromatic heterocycles. The largest absolute Gasteiger partial charge is 0.271 e. The molecular formula is C12H13ClN4. The van der Waals surface area contributed by atoms with Crippen LogP contribution in [0.1, 0.15) is 22.7 Å². The minimum absolute atomic E-state index is 0.158. The number of hydrogen-bond donors (Lipinski definition) is 2. The van der Waals surface area contributed by atoms with Crippen molar-refractivity contribution in [3.8, 4) is 0 Å². The lowest BCUT2D eigenvalue weighted by atomic mass is 9.97. The lowest BCUT2D eigenvalue weighted by Gasteiger charge is -2.18. The molecule has 17 heavy (non-hydrogen) atoms. The van der Waals surface area contributed by atoms with Gasteiger partial charge in [0, 0.05) is 23.0 Å². The van der Waals surface area contributed by atoms with Gasteiger partial charge in [-0.3, -0.25) is 5.84 Å². The van der Waals surface area contributed by atoms with E-state index in [1.165, 1.54) is 6.33 Å². The van der Waals surface area contributed by atoms with E-state index in [0.29, 0.717) is 0 Å². The van der Waals surface area contributed by atoms with Gasteiger partial charge in [0.25, 0.3) is 0 Å². The highest BCUT2D eigenvalue weighted by molar-refractivity contribution is 6.31. The molecule has 1 atom stereocenters. The SMILES string of the molecule is Cc1c(Cl)cccc1C(NN)c1cncnc1. The molecule has 2 aromatic rings. The molecule has 0 amide bonds. The van der Waals surface area contributed by atoms with Crippen LogP contribution in [-0.4, -0.2) is 9.97 Å². The molecule has 1 unspecified atom stereocenters. The van der Waals surface area contributed by atoms with Crippen LogP contribution in [0.5, 0.6) is 0 Å². The van der Waals surface area contributed by atoms with Gasteiger partial charge in [0.05, 0.1) is 6.04 Å². The predicted octanol–water partition coefficient (Wildman–Crippen LogP) is 1.99. The maximum absolute atomic E-state index is 6.10. The second-order valence-corrected chi connectivity index (χ2v) is 4.13. The van der Waals surface area contributed by atoms with Gasteiger partial charge < -0.3 is 0 Å². The van der Waals surface area contributed by atoms with Crippen molar-refractivity contribution in [2.75, 3.05) is 0 Å². The first kappa shape index (κ1) is 12.0. The average molecular weight is 249 g/mol. The van der Waals surface area contributed by atoms with Crippen molar-refractivity contribution in [1.29, 1.82) is 0 Å². The summed E-state index contributed by atoms with van der Waals surface area (Å²) in [5.74, 6) is 5.61. The summed E-state index contributed by atoms with van der Waals surface area (Å²) in [4.78, 5) is 7.98. The number of benzene rings is 1. The zero-order valence-electron chi connectivity index (χ0n) is 9.39. The number of nitrogens with one attached hydrogen (secondary N) is 1. The van der Waals surface area contributed by atoms with E-state index in [0.717, 1.165) is 21.7 Å². The van der Waals surface area contributed by atoms with Crippen molar-refractivity contribution < 1.29 is 0 Å². The molecule has 3 N–H and O–H groups in total. The van der Waals surface area contributed by atoms with Crippen LogP contribution in [-0.2, 0) is 0 Å². The van der Waals surface area contributed by atoms with E-state index >= 15 is 0 Å². The maximum atomic E-state index is 6.10. The number of halogens is 1. The zero-order valence-corrected chi connectivity index (χ0v) is 10.1. The fourth-order valence-corrected chi connectivity index (χ4v) is 1.94.